The number of hydrogen-bond acceptors (Lipinski definition) is 11. The van der Waals surface area contributed by atoms with Crippen LogP contribution in [-0.4, -0.2) is 109 Å². The number of unbranched alkanes of at least 4 members (excludes halogenated alkanes) is 1. The van der Waals surface area contributed by atoms with E-state index in [1.165, 1.54) is 4.90 Å². The highest BCUT2D eigenvalue weighted by atomic mass is 16.6. The third-order valence-corrected chi connectivity index (χ3v) is 11.2. The fourth-order valence-corrected chi connectivity index (χ4v) is 8.62. The lowest BCUT2D eigenvalue weighted by molar-refractivity contribution is -0.163. The van der Waals surface area contributed by atoms with Crippen LogP contribution in [0.4, 0.5) is 4.79 Å². The molecule has 0 unspecified atom stereocenters. The van der Waals surface area contributed by atoms with Crippen LogP contribution < -0.4 is 15.2 Å². The first-order valence-corrected chi connectivity index (χ1v) is 18.4. The van der Waals surface area contributed by atoms with Gasteiger partial charge in [0.2, 0.25) is 0 Å². The van der Waals surface area contributed by atoms with E-state index in [-0.39, 0.29) is 43.4 Å². The van der Waals surface area contributed by atoms with Crippen LogP contribution >= 0.6 is 0 Å². The summed E-state index contributed by atoms with van der Waals surface area (Å²) in [6, 6.07) is 3.83. The lowest BCUT2D eigenvalue weighted by Gasteiger charge is -2.61. The average Bonchev–Trinajstić information content (AvgIpc) is 3.43. The summed E-state index contributed by atoms with van der Waals surface area (Å²) >= 11 is 0. The van der Waals surface area contributed by atoms with Crippen LogP contribution in [0.25, 0.3) is 0 Å². The van der Waals surface area contributed by atoms with E-state index in [1.807, 2.05) is 13.1 Å². The summed E-state index contributed by atoms with van der Waals surface area (Å²) in [5, 5.41) is 12.4. The van der Waals surface area contributed by atoms with Gasteiger partial charge in [0.1, 0.15) is 29.3 Å². The Balaban J connectivity index is 1.21. The van der Waals surface area contributed by atoms with Crippen LogP contribution in [0.1, 0.15) is 96.1 Å². The summed E-state index contributed by atoms with van der Waals surface area (Å²) in [5.41, 5.74) is 5.27. The Morgan fingerprint density at radius 3 is 2.62 bits per heavy atom. The molecular weight excluding hydrogens is 668 g/mol. The number of amidine groups is 1. The lowest BCUT2D eigenvalue weighted by Crippen LogP contribution is -2.74. The van der Waals surface area contributed by atoms with E-state index in [2.05, 4.69) is 16.0 Å². The normalized spacial score (nSPS) is 25.3. The molecule has 2 aliphatic carbocycles. The molecule has 1 amide bonds. The molecule has 0 aromatic heterocycles. The van der Waals surface area contributed by atoms with E-state index < -0.39 is 40.7 Å². The summed E-state index contributed by atoms with van der Waals surface area (Å²) in [5.74, 6) is 0.464. The zero-order valence-electron chi connectivity index (χ0n) is 31.8. The topological polar surface area (TPSA) is 170 Å². The Morgan fingerprint density at radius 1 is 1.17 bits per heavy atom. The third-order valence-electron chi connectivity index (χ3n) is 11.2. The molecule has 5 rings (SSSR count). The van der Waals surface area contributed by atoms with Crippen molar-refractivity contribution in [2.75, 3.05) is 41.3 Å². The van der Waals surface area contributed by atoms with Crippen molar-refractivity contribution in [2.24, 2.45) is 16.6 Å². The number of likely N-dealkylation sites (N-methyl/N-ethyl adjacent to an activating group) is 1. The Hall–Kier alpha value is -3.97. The molecule has 13 nitrogen and oxygen atoms in total. The van der Waals surface area contributed by atoms with Crippen LogP contribution in [-0.2, 0) is 35.7 Å². The van der Waals surface area contributed by atoms with Gasteiger partial charge < -0.3 is 39.6 Å². The van der Waals surface area contributed by atoms with E-state index >= 15 is 0 Å². The van der Waals surface area contributed by atoms with Crippen molar-refractivity contribution in [1.29, 1.82) is 0 Å². The number of methoxy groups -OCH3 is 1. The fraction of sp³-hybridized carbons (Fsp3) is 0.667. The maximum absolute atomic E-state index is 13.5. The average molecular weight is 725 g/mol. The first-order valence-electron chi connectivity index (χ1n) is 18.4. The first-order chi connectivity index (χ1) is 24.5. The SMILES string of the molecule is CN=C(N)CCCC[C@@H](CC(=O)CC(=O)OC(C)(C)C)C(=O)CCCN(C)C(=O)OC1=CC[C@]2(O)[C@@H]3Cc4ccc(OC)c5c4[C@]2(CCN3C)[C@@H]1O5. The number of ketones is 2. The number of amides is 1. The molecule has 1 spiro atoms. The van der Waals surface area contributed by atoms with Crippen LogP contribution in [0.2, 0.25) is 0 Å². The summed E-state index contributed by atoms with van der Waals surface area (Å²) < 4.78 is 23.6. The Kier molecular flexibility index (Phi) is 11.7. The number of nitrogens with two attached hydrogens (primary N) is 1. The van der Waals surface area contributed by atoms with Crippen molar-refractivity contribution in [1.82, 2.24) is 9.80 Å². The number of esters is 1. The van der Waals surface area contributed by atoms with Gasteiger partial charge in [-0.3, -0.25) is 19.4 Å². The molecule has 1 aromatic rings. The van der Waals surface area contributed by atoms with Crippen LogP contribution in [0.3, 0.4) is 0 Å². The van der Waals surface area contributed by atoms with Crippen molar-refractivity contribution < 1.29 is 43.2 Å². The van der Waals surface area contributed by atoms with E-state index in [9.17, 15) is 24.3 Å². The highest BCUT2D eigenvalue weighted by Gasteiger charge is 2.72. The van der Waals surface area contributed by atoms with Crippen molar-refractivity contribution in [2.45, 2.75) is 120 Å². The van der Waals surface area contributed by atoms with Gasteiger partial charge in [-0.15, -0.1) is 0 Å². The van der Waals surface area contributed by atoms with E-state index in [0.717, 1.165) is 24.1 Å². The van der Waals surface area contributed by atoms with Crippen LogP contribution in [0.5, 0.6) is 11.5 Å². The van der Waals surface area contributed by atoms with Gasteiger partial charge in [0.05, 0.1) is 24.0 Å². The standard InChI is InChI=1S/C39H56N4O9/c1-37(2,3)52-32(46)23-26(44)21-24(11-8-9-13-31(40)41-4)27(45)12-10-19-43(6)36(47)50-29-16-17-39(48)30-22-25-14-15-28(49-7)34-33(25)38(39,35(29)51-34)18-20-42(30)5/h14-16,24,30,35,48H,8-13,17-23H2,1-7H3,(H2,40,41)/t24-,30-,35+,38+,39-/m0/s1. The maximum Gasteiger partial charge on any atom is 0.414 e. The third kappa shape index (κ3) is 7.71. The molecular formula is C39H56N4O9. The monoisotopic (exact) mass is 724 g/mol. The Bertz CT molecular complexity index is 1620. The van der Waals surface area contributed by atoms with Gasteiger partial charge in [-0.25, -0.2) is 4.79 Å². The second kappa shape index (κ2) is 15.6. The molecule has 1 aromatic carbocycles. The number of likely N-dealkylation sites (tertiary alicyclic amines) is 1. The number of hydrogen-bond donors (Lipinski definition) is 2. The van der Waals surface area contributed by atoms with Gasteiger partial charge in [-0.1, -0.05) is 12.5 Å². The van der Waals surface area contributed by atoms with Gasteiger partial charge in [0, 0.05) is 63.8 Å². The molecule has 4 aliphatic rings. The predicted octanol–water partition coefficient (Wildman–Crippen LogP) is 4.25. The molecule has 2 heterocycles. The van der Waals surface area contributed by atoms with E-state index in [1.54, 1.807) is 48.1 Å². The predicted molar refractivity (Wildman–Crippen MR) is 194 cm³/mol. The number of rotatable bonds is 16. The molecule has 1 fully saturated rings. The van der Waals surface area contributed by atoms with E-state index in [4.69, 9.17) is 24.7 Å². The number of benzene rings is 1. The second-order valence-corrected chi connectivity index (χ2v) is 15.8. The number of Topliss-reactive ketones (excluding diaryl/α,β-unsaturated/α-hetero) is 2. The van der Waals surface area contributed by atoms with Crippen LogP contribution in [0, 0.1) is 5.92 Å². The molecule has 0 radical (unpaired) electrons. The minimum absolute atomic E-state index is 0.0531. The van der Waals surface area contributed by atoms with Gasteiger partial charge >= 0.3 is 12.1 Å². The van der Waals surface area contributed by atoms with Gasteiger partial charge in [-0.05, 0) is 84.2 Å². The Morgan fingerprint density at radius 2 is 1.92 bits per heavy atom. The number of nitrogens with zero attached hydrogens (tertiary/aromatic N) is 3. The summed E-state index contributed by atoms with van der Waals surface area (Å²) in [7, 11) is 6.87. The summed E-state index contributed by atoms with van der Waals surface area (Å²) in [4.78, 5) is 59.6. The number of aliphatic imine (C=N–C) groups is 1. The largest absolute Gasteiger partial charge is 0.493 e. The van der Waals surface area contributed by atoms with Gasteiger partial charge in [0.15, 0.2) is 17.6 Å². The zero-order valence-corrected chi connectivity index (χ0v) is 31.8. The second-order valence-electron chi connectivity index (χ2n) is 15.8. The summed E-state index contributed by atoms with van der Waals surface area (Å²) in [6.45, 7) is 6.20. The van der Waals surface area contributed by atoms with Crippen molar-refractivity contribution in [3.8, 4) is 11.5 Å². The highest BCUT2D eigenvalue weighted by Crippen LogP contribution is 2.65. The molecule has 5 atom stereocenters. The molecule has 0 saturated carbocycles. The smallest absolute Gasteiger partial charge is 0.414 e. The van der Waals surface area contributed by atoms with Gasteiger partial charge in [-0.2, -0.15) is 0 Å². The lowest BCUT2D eigenvalue weighted by atomic mass is 9.50. The molecule has 52 heavy (non-hydrogen) atoms. The minimum atomic E-state index is -1.11. The van der Waals surface area contributed by atoms with E-state index in [0.29, 0.717) is 68.0 Å². The number of aliphatic hydroxyl groups is 1. The number of ether oxygens (including phenoxy) is 4. The summed E-state index contributed by atoms with van der Waals surface area (Å²) in [6.07, 6.45) is 4.64. The van der Waals surface area contributed by atoms with Crippen molar-refractivity contribution >= 4 is 29.5 Å². The van der Waals surface area contributed by atoms with Crippen LogP contribution in [0.15, 0.2) is 29.0 Å². The number of carbonyl (C=O) groups is 4. The maximum atomic E-state index is 13.5. The molecule has 13 heteroatoms. The quantitative estimate of drug-likeness (QED) is 0.0822. The van der Waals surface area contributed by atoms with Crippen molar-refractivity contribution in [3.63, 3.8) is 0 Å². The fourth-order valence-electron chi connectivity index (χ4n) is 8.62. The Labute approximate surface area is 306 Å². The minimum Gasteiger partial charge on any atom is -0.493 e. The molecule has 1 saturated heterocycles. The van der Waals surface area contributed by atoms with Crippen molar-refractivity contribution in [3.05, 3.63) is 35.1 Å². The molecule has 2 bridgehead atoms. The van der Waals surface area contributed by atoms with Gasteiger partial charge in [0.25, 0.3) is 0 Å². The number of piperidine rings is 1. The molecule has 3 N–H and O–H groups in total. The highest BCUT2D eigenvalue weighted by molar-refractivity contribution is 5.97. The zero-order chi connectivity index (χ0) is 38.0. The molecule has 286 valence electrons. The number of carbonyl (C=O) groups excluding carboxylic acids is 4. The first kappa shape index (κ1) is 39.2. The molecule has 2 aliphatic heterocycles.